The van der Waals surface area contributed by atoms with Gasteiger partial charge in [-0.25, -0.2) is 4.98 Å². The zero-order chi connectivity index (χ0) is 12.1. The summed E-state index contributed by atoms with van der Waals surface area (Å²) in [6.07, 6.45) is 6.03. The Labute approximate surface area is 99.1 Å². The number of hydrogen-bond acceptors (Lipinski definition) is 2. The fourth-order valence-electron chi connectivity index (χ4n) is 1.89. The van der Waals surface area contributed by atoms with Crippen LogP contribution < -0.4 is 5.73 Å². The standard InChI is InChI=1S/C13H25N3/c1-5-11(4)8-16-9-15-7-13(16)12(14)6-10(2)3/h7,9-12H,5-6,8,14H2,1-4H3. The second-order valence-corrected chi connectivity index (χ2v) is 5.22. The first-order chi connectivity index (χ1) is 7.54. The minimum Gasteiger partial charge on any atom is -0.333 e. The Morgan fingerprint density at radius 1 is 1.38 bits per heavy atom. The molecule has 1 aromatic rings. The van der Waals surface area contributed by atoms with Crippen LogP contribution in [-0.2, 0) is 6.54 Å². The third kappa shape index (κ3) is 3.63. The molecule has 0 saturated heterocycles. The highest BCUT2D eigenvalue weighted by Gasteiger charge is 2.14. The normalized spacial score (nSPS) is 15.4. The number of rotatable bonds is 6. The largest absolute Gasteiger partial charge is 0.333 e. The predicted molar refractivity (Wildman–Crippen MR) is 68.1 cm³/mol. The Balaban J connectivity index is 2.69. The highest BCUT2D eigenvalue weighted by molar-refractivity contribution is 5.04. The SMILES string of the molecule is CCC(C)Cn1cncc1C(N)CC(C)C. The van der Waals surface area contributed by atoms with Crippen molar-refractivity contribution in [3.05, 3.63) is 18.2 Å². The molecule has 0 radical (unpaired) electrons. The molecule has 0 aliphatic carbocycles. The molecule has 92 valence electrons. The molecule has 0 fully saturated rings. The number of imidazole rings is 1. The van der Waals surface area contributed by atoms with Gasteiger partial charge < -0.3 is 10.3 Å². The van der Waals surface area contributed by atoms with Gasteiger partial charge in [-0.3, -0.25) is 0 Å². The molecule has 1 aromatic heterocycles. The van der Waals surface area contributed by atoms with Gasteiger partial charge in [-0.1, -0.05) is 34.1 Å². The lowest BCUT2D eigenvalue weighted by molar-refractivity contribution is 0.432. The van der Waals surface area contributed by atoms with Crippen LogP contribution in [0.2, 0.25) is 0 Å². The molecule has 1 heterocycles. The van der Waals surface area contributed by atoms with Crippen LogP contribution in [0.1, 0.15) is 52.3 Å². The van der Waals surface area contributed by atoms with E-state index in [2.05, 4.69) is 37.2 Å². The summed E-state index contributed by atoms with van der Waals surface area (Å²) in [7, 11) is 0. The summed E-state index contributed by atoms with van der Waals surface area (Å²) in [5, 5.41) is 0. The number of nitrogens with two attached hydrogens (primary N) is 1. The molecule has 0 amide bonds. The van der Waals surface area contributed by atoms with Crippen LogP contribution in [0.25, 0.3) is 0 Å². The zero-order valence-electron chi connectivity index (χ0n) is 11.0. The van der Waals surface area contributed by atoms with Crippen molar-refractivity contribution >= 4 is 0 Å². The second kappa shape index (κ2) is 6.04. The van der Waals surface area contributed by atoms with Crippen molar-refractivity contribution in [3.63, 3.8) is 0 Å². The first kappa shape index (κ1) is 13.2. The molecule has 2 unspecified atom stereocenters. The topological polar surface area (TPSA) is 43.8 Å². The van der Waals surface area contributed by atoms with Gasteiger partial charge in [0.2, 0.25) is 0 Å². The third-order valence-corrected chi connectivity index (χ3v) is 3.06. The number of aromatic nitrogens is 2. The molecule has 0 aromatic carbocycles. The molecule has 0 bridgehead atoms. The van der Waals surface area contributed by atoms with Crippen LogP contribution in [0.5, 0.6) is 0 Å². The minimum atomic E-state index is 0.117. The second-order valence-electron chi connectivity index (χ2n) is 5.22. The highest BCUT2D eigenvalue weighted by Crippen LogP contribution is 2.19. The van der Waals surface area contributed by atoms with E-state index in [0.29, 0.717) is 11.8 Å². The lowest BCUT2D eigenvalue weighted by atomic mass is 10.0. The lowest BCUT2D eigenvalue weighted by Crippen LogP contribution is -2.19. The molecule has 0 aliphatic rings. The molecule has 16 heavy (non-hydrogen) atoms. The average molecular weight is 223 g/mol. The molecule has 0 aliphatic heterocycles. The van der Waals surface area contributed by atoms with Gasteiger partial charge in [-0.2, -0.15) is 0 Å². The third-order valence-electron chi connectivity index (χ3n) is 3.06. The van der Waals surface area contributed by atoms with Crippen molar-refractivity contribution in [2.75, 3.05) is 0 Å². The van der Waals surface area contributed by atoms with Gasteiger partial charge in [-0.05, 0) is 18.3 Å². The summed E-state index contributed by atoms with van der Waals surface area (Å²) in [4.78, 5) is 4.22. The predicted octanol–water partition coefficient (Wildman–Crippen LogP) is 2.98. The summed E-state index contributed by atoms with van der Waals surface area (Å²) in [6.45, 7) is 9.91. The Bertz CT molecular complexity index is 304. The van der Waals surface area contributed by atoms with E-state index in [-0.39, 0.29) is 6.04 Å². The minimum absolute atomic E-state index is 0.117. The maximum absolute atomic E-state index is 6.20. The molecule has 3 nitrogen and oxygen atoms in total. The Morgan fingerprint density at radius 3 is 2.62 bits per heavy atom. The summed E-state index contributed by atoms with van der Waals surface area (Å²) in [5.74, 6) is 1.31. The maximum Gasteiger partial charge on any atom is 0.0948 e. The molecule has 2 atom stereocenters. The van der Waals surface area contributed by atoms with Crippen molar-refractivity contribution in [1.29, 1.82) is 0 Å². The maximum atomic E-state index is 6.20. The first-order valence-electron chi connectivity index (χ1n) is 6.30. The van der Waals surface area contributed by atoms with Crippen LogP contribution in [0.3, 0.4) is 0 Å². The molecule has 1 rings (SSSR count). The number of nitrogens with zero attached hydrogens (tertiary/aromatic N) is 2. The van der Waals surface area contributed by atoms with Crippen molar-refractivity contribution in [3.8, 4) is 0 Å². The van der Waals surface area contributed by atoms with E-state index < -0.39 is 0 Å². The van der Waals surface area contributed by atoms with Gasteiger partial charge in [0.05, 0.1) is 12.0 Å². The van der Waals surface area contributed by atoms with Crippen LogP contribution in [0.15, 0.2) is 12.5 Å². The molecular weight excluding hydrogens is 198 g/mol. The van der Waals surface area contributed by atoms with Gasteiger partial charge in [-0.15, -0.1) is 0 Å². The van der Waals surface area contributed by atoms with E-state index in [1.165, 1.54) is 12.1 Å². The van der Waals surface area contributed by atoms with Crippen molar-refractivity contribution in [2.24, 2.45) is 17.6 Å². The van der Waals surface area contributed by atoms with E-state index in [1.54, 1.807) is 0 Å². The smallest absolute Gasteiger partial charge is 0.0948 e. The number of hydrogen-bond donors (Lipinski definition) is 1. The van der Waals surface area contributed by atoms with Gasteiger partial charge in [0.1, 0.15) is 0 Å². The zero-order valence-corrected chi connectivity index (χ0v) is 11.0. The van der Waals surface area contributed by atoms with Gasteiger partial charge in [0, 0.05) is 18.8 Å². The summed E-state index contributed by atoms with van der Waals surface area (Å²) in [6, 6.07) is 0.117. The Hall–Kier alpha value is -0.830. The van der Waals surface area contributed by atoms with Gasteiger partial charge in [0.25, 0.3) is 0 Å². The first-order valence-corrected chi connectivity index (χ1v) is 6.30. The van der Waals surface area contributed by atoms with Gasteiger partial charge in [0.15, 0.2) is 0 Å². The van der Waals surface area contributed by atoms with E-state index in [9.17, 15) is 0 Å². The van der Waals surface area contributed by atoms with Crippen LogP contribution in [0, 0.1) is 11.8 Å². The fourth-order valence-corrected chi connectivity index (χ4v) is 1.89. The van der Waals surface area contributed by atoms with Gasteiger partial charge >= 0.3 is 0 Å². The Kier molecular flexibility index (Phi) is 5.00. The summed E-state index contributed by atoms with van der Waals surface area (Å²) >= 11 is 0. The Morgan fingerprint density at radius 2 is 2.06 bits per heavy atom. The van der Waals surface area contributed by atoms with Crippen LogP contribution >= 0.6 is 0 Å². The average Bonchev–Trinajstić information content (AvgIpc) is 2.64. The monoisotopic (exact) mass is 223 g/mol. The summed E-state index contributed by atoms with van der Waals surface area (Å²) < 4.78 is 2.21. The molecule has 2 N–H and O–H groups in total. The van der Waals surface area contributed by atoms with E-state index in [0.717, 1.165) is 13.0 Å². The molecule has 0 spiro atoms. The van der Waals surface area contributed by atoms with E-state index in [4.69, 9.17) is 5.73 Å². The van der Waals surface area contributed by atoms with E-state index >= 15 is 0 Å². The van der Waals surface area contributed by atoms with Crippen LogP contribution in [-0.4, -0.2) is 9.55 Å². The summed E-state index contributed by atoms with van der Waals surface area (Å²) in [5.41, 5.74) is 7.37. The van der Waals surface area contributed by atoms with Crippen molar-refractivity contribution in [1.82, 2.24) is 9.55 Å². The van der Waals surface area contributed by atoms with E-state index in [1.807, 2.05) is 12.5 Å². The van der Waals surface area contributed by atoms with Crippen LogP contribution in [0.4, 0.5) is 0 Å². The van der Waals surface area contributed by atoms with Crippen molar-refractivity contribution in [2.45, 2.75) is 53.1 Å². The fraction of sp³-hybridized carbons (Fsp3) is 0.769. The molecular formula is C13H25N3. The lowest BCUT2D eigenvalue weighted by Gasteiger charge is -2.18. The quantitative estimate of drug-likeness (QED) is 0.805. The van der Waals surface area contributed by atoms with Crippen molar-refractivity contribution < 1.29 is 0 Å². The molecule has 0 saturated carbocycles. The highest BCUT2D eigenvalue weighted by atomic mass is 15.1. The molecule has 3 heteroatoms.